The highest BCUT2D eigenvalue weighted by Gasteiger charge is 2.16. The van der Waals surface area contributed by atoms with Gasteiger partial charge in [-0.3, -0.25) is 14.6 Å². The molecule has 0 radical (unpaired) electrons. The van der Waals surface area contributed by atoms with E-state index in [-0.39, 0.29) is 39.1 Å². The van der Waals surface area contributed by atoms with Crippen molar-refractivity contribution in [3.05, 3.63) is 71.2 Å². The number of rotatable bonds is 5. The van der Waals surface area contributed by atoms with E-state index in [1.807, 2.05) is 11.9 Å². The van der Waals surface area contributed by atoms with Crippen LogP contribution in [0.3, 0.4) is 0 Å². The van der Waals surface area contributed by atoms with Gasteiger partial charge < -0.3 is 4.74 Å². The molecule has 14 heteroatoms. The van der Waals surface area contributed by atoms with E-state index in [1.165, 1.54) is 28.9 Å². The molecule has 1 N–H and O–H groups in total. The van der Waals surface area contributed by atoms with Crippen LogP contribution in [0.5, 0.6) is 11.6 Å². The Balaban J connectivity index is 0.00000114. The summed E-state index contributed by atoms with van der Waals surface area (Å²) in [5, 5.41) is 16.7. The summed E-state index contributed by atoms with van der Waals surface area (Å²) in [6, 6.07) is 6.91. The van der Waals surface area contributed by atoms with Crippen LogP contribution >= 0.6 is 23.2 Å². The molecule has 164 valence electrons. The van der Waals surface area contributed by atoms with Gasteiger partial charge in [0.05, 0.1) is 15.7 Å². The largest absolute Gasteiger partial charge is 0.434 e. The summed E-state index contributed by atoms with van der Waals surface area (Å²) in [5.41, 5.74) is -2.44. The number of nitrogens with one attached hydrogen (secondary N) is 1. The van der Waals surface area contributed by atoms with Gasteiger partial charge in [-0.15, -0.1) is 10.2 Å². The number of nitriles is 1. The first-order valence-electron chi connectivity index (χ1n) is 8.64. The van der Waals surface area contributed by atoms with Gasteiger partial charge in [-0.05, 0) is 18.6 Å². The van der Waals surface area contributed by atoms with Crippen molar-refractivity contribution in [2.24, 2.45) is 0 Å². The molecule has 3 rings (SSSR count). The monoisotopic (exact) mass is 478 g/mol. The molecule has 1 aromatic carbocycles. The lowest BCUT2D eigenvalue weighted by atomic mass is 10.3. The SMILES string of the molecule is CCCn1nc(Oc2c(Cl)cc(-n3nc(C#N)c(=O)[nH]c3=O)cc2Cl)ccc1=O.O=C=O. The number of hydrogen-bond donors (Lipinski definition) is 1. The quantitative estimate of drug-likeness (QED) is 0.566. The maximum absolute atomic E-state index is 12.0. The number of benzene rings is 1. The molecule has 32 heavy (non-hydrogen) atoms. The Hall–Kier alpha value is -4.04. The van der Waals surface area contributed by atoms with Gasteiger partial charge in [0.1, 0.15) is 6.07 Å². The molecule has 12 nitrogen and oxygen atoms in total. The predicted molar refractivity (Wildman–Crippen MR) is 109 cm³/mol. The van der Waals surface area contributed by atoms with Gasteiger partial charge in [-0.25, -0.2) is 9.48 Å². The van der Waals surface area contributed by atoms with E-state index < -0.39 is 16.9 Å². The summed E-state index contributed by atoms with van der Waals surface area (Å²) < 4.78 is 7.64. The van der Waals surface area contributed by atoms with Crippen molar-refractivity contribution < 1.29 is 14.3 Å². The van der Waals surface area contributed by atoms with Crippen LogP contribution in [0.4, 0.5) is 0 Å². The lowest BCUT2D eigenvalue weighted by Crippen LogP contribution is -2.33. The average Bonchev–Trinajstić information content (AvgIpc) is 2.73. The maximum atomic E-state index is 12.0. The van der Waals surface area contributed by atoms with Crippen molar-refractivity contribution in [1.82, 2.24) is 24.5 Å². The summed E-state index contributed by atoms with van der Waals surface area (Å²) in [6.45, 7) is 2.32. The topological polar surface area (TPSA) is 170 Å². The molecule has 0 saturated heterocycles. The fraction of sp³-hybridized carbons (Fsp3) is 0.167. The van der Waals surface area contributed by atoms with E-state index in [0.717, 1.165) is 4.68 Å². The zero-order valence-corrected chi connectivity index (χ0v) is 17.7. The molecule has 0 aliphatic heterocycles. The van der Waals surface area contributed by atoms with Crippen molar-refractivity contribution in [3.8, 4) is 23.4 Å². The van der Waals surface area contributed by atoms with Gasteiger partial charge in [0.25, 0.3) is 11.1 Å². The Bertz CT molecular complexity index is 1380. The van der Waals surface area contributed by atoms with Crippen LogP contribution < -0.4 is 21.5 Å². The van der Waals surface area contributed by atoms with Crippen LogP contribution in [0.1, 0.15) is 19.0 Å². The maximum Gasteiger partial charge on any atom is 0.373 e. The van der Waals surface area contributed by atoms with Gasteiger partial charge in [0.2, 0.25) is 11.6 Å². The Morgan fingerprint density at radius 3 is 2.31 bits per heavy atom. The van der Waals surface area contributed by atoms with E-state index >= 15 is 0 Å². The molecular formula is C18H12Cl2N6O6. The second kappa shape index (κ2) is 10.8. The third kappa shape index (κ3) is 5.55. The molecule has 2 aromatic heterocycles. The number of nitrogens with zero attached hydrogens (tertiary/aromatic N) is 5. The van der Waals surface area contributed by atoms with E-state index in [4.69, 9.17) is 42.8 Å². The first-order valence-corrected chi connectivity index (χ1v) is 9.39. The van der Waals surface area contributed by atoms with Crippen molar-refractivity contribution in [3.63, 3.8) is 0 Å². The highest BCUT2D eigenvalue weighted by Crippen LogP contribution is 2.37. The number of hydrogen-bond acceptors (Lipinski definition) is 9. The highest BCUT2D eigenvalue weighted by atomic mass is 35.5. The minimum Gasteiger partial charge on any atom is -0.434 e. The van der Waals surface area contributed by atoms with Crippen LogP contribution in [0.2, 0.25) is 10.0 Å². The van der Waals surface area contributed by atoms with Crippen molar-refractivity contribution >= 4 is 29.4 Å². The third-order valence-corrected chi connectivity index (χ3v) is 4.21. The second-order valence-corrected chi connectivity index (χ2v) is 6.60. The number of halogens is 2. The summed E-state index contributed by atoms with van der Waals surface area (Å²) >= 11 is 12.5. The molecular weight excluding hydrogens is 467 g/mol. The first kappa shape index (κ1) is 24.2. The van der Waals surface area contributed by atoms with E-state index in [1.54, 1.807) is 6.07 Å². The zero-order valence-electron chi connectivity index (χ0n) is 16.2. The number of aromatic amines is 1. The molecule has 3 aromatic rings. The van der Waals surface area contributed by atoms with Crippen LogP contribution in [-0.2, 0) is 16.1 Å². The lowest BCUT2D eigenvalue weighted by molar-refractivity contribution is -0.191. The van der Waals surface area contributed by atoms with Crippen LogP contribution in [0.25, 0.3) is 5.69 Å². The molecule has 0 fully saturated rings. The first-order chi connectivity index (χ1) is 15.2. The molecule has 0 amide bonds. The standard InChI is InChI=1S/C17H12Cl2N6O4.CO2/c1-2-5-24-14(26)4-3-13(23-24)29-15-10(18)6-9(7-11(15)19)25-17(28)21-16(27)12(8-20)22-25;2-1-3/h3-4,6-7H,2,5H2,1H3,(H,21,27,28);. The fourth-order valence-corrected chi connectivity index (χ4v) is 2.93. The summed E-state index contributed by atoms with van der Waals surface area (Å²) in [4.78, 5) is 53.5. The summed E-state index contributed by atoms with van der Waals surface area (Å²) in [7, 11) is 0. The number of ether oxygens (including phenoxy) is 1. The molecule has 0 unspecified atom stereocenters. The molecule has 0 aliphatic carbocycles. The fourth-order valence-electron chi connectivity index (χ4n) is 2.38. The van der Waals surface area contributed by atoms with Gasteiger partial charge in [0, 0.05) is 18.7 Å². The van der Waals surface area contributed by atoms with E-state index in [9.17, 15) is 14.4 Å². The minimum atomic E-state index is -0.904. The van der Waals surface area contributed by atoms with E-state index in [2.05, 4.69) is 10.2 Å². The van der Waals surface area contributed by atoms with Crippen LogP contribution in [0, 0.1) is 11.3 Å². The lowest BCUT2D eigenvalue weighted by Gasteiger charge is -2.12. The number of H-pyrrole nitrogens is 1. The third-order valence-electron chi connectivity index (χ3n) is 3.65. The van der Waals surface area contributed by atoms with Gasteiger partial charge in [0.15, 0.2) is 5.75 Å². The zero-order chi connectivity index (χ0) is 23.8. The minimum absolute atomic E-state index is 0.0148. The molecule has 0 spiro atoms. The van der Waals surface area contributed by atoms with Crippen LogP contribution in [0.15, 0.2) is 38.6 Å². The van der Waals surface area contributed by atoms with Crippen molar-refractivity contribution in [1.29, 1.82) is 5.26 Å². The van der Waals surface area contributed by atoms with Gasteiger partial charge >= 0.3 is 11.8 Å². The second-order valence-electron chi connectivity index (χ2n) is 5.79. The summed E-state index contributed by atoms with van der Waals surface area (Å²) in [5.74, 6) is 0.143. The Morgan fingerprint density at radius 1 is 1.12 bits per heavy atom. The van der Waals surface area contributed by atoms with Gasteiger partial charge in [-0.2, -0.15) is 19.5 Å². The van der Waals surface area contributed by atoms with Crippen LogP contribution in [-0.4, -0.2) is 30.7 Å². The molecule has 0 atom stereocenters. The van der Waals surface area contributed by atoms with Crippen molar-refractivity contribution in [2.75, 3.05) is 0 Å². The number of carbonyl (C=O) groups excluding carboxylic acids is 2. The number of aromatic nitrogens is 5. The molecule has 0 saturated carbocycles. The summed E-state index contributed by atoms with van der Waals surface area (Å²) in [6.07, 6.45) is 0.957. The molecule has 2 heterocycles. The highest BCUT2D eigenvalue weighted by molar-refractivity contribution is 6.37. The Morgan fingerprint density at radius 2 is 1.75 bits per heavy atom. The van der Waals surface area contributed by atoms with E-state index in [0.29, 0.717) is 13.0 Å². The normalized spacial score (nSPS) is 9.81. The Labute approximate surface area is 188 Å². The Kier molecular flexibility index (Phi) is 8.20. The van der Waals surface area contributed by atoms with Crippen molar-refractivity contribution in [2.45, 2.75) is 19.9 Å². The molecule has 0 bridgehead atoms. The number of aryl methyl sites for hydroxylation is 1. The smallest absolute Gasteiger partial charge is 0.373 e. The average molecular weight is 479 g/mol. The van der Waals surface area contributed by atoms with Gasteiger partial charge in [-0.1, -0.05) is 30.1 Å². The predicted octanol–water partition coefficient (Wildman–Crippen LogP) is 1.27. The molecule has 0 aliphatic rings.